The molecule has 0 radical (unpaired) electrons. The third-order valence-electron chi connectivity index (χ3n) is 2.12. The molecular weight excluding hydrogens is 224 g/mol. The first kappa shape index (κ1) is 13.7. The molecule has 0 saturated carbocycles. The van der Waals surface area contributed by atoms with Gasteiger partial charge in [0.05, 0.1) is 5.57 Å². The maximum atomic E-state index is 11.5. The molecule has 18 heavy (non-hydrogen) atoms. The molecule has 0 heterocycles. The lowest BCUT2D eigenvalue weighted by Crippen LogP contribution is -2.05. The average Bonchev–Trinajstić information content (AvgIpc) is 2.42. The lowest BCUT2D eigenvalue weighted by Gasteiger charge is -2.00. The van der Waals surface area contributed by atoms with Gasteiger partial charge in [0.1, 0.15) is 6.61 Å². The standard InChI is InChI=1S/C16H16O2/c1-3-4-8-13-18-16(17)14(2)11-12-15-9-6-5-7-10-15/h3-12H,1-2,13H2. The molecule has 0 N–H and O–H groups in total. The number of benzene rings is 1. The van der Waals surface area contributed by atoms with Crippen LogP contribution in [0.15, 0.2) is 73.4 Å². The van der Waals surface area contributed by atoms with Crippen LogP contribution >= 0.6 is 0 Å². The molecule has 0 aliphatic rings. The molecule has 2 heteroatoms. The van der Waals surface area contributed by atoms with Crippen molar-refractivity contribution in [2.24, 2.45) is 0 Å². The summed E-state index contributed by atoms with van der Waals surface area (Å²) in [5.74, 6) is -0.420. The molecule has 0 atom stereocenters. The highest BCUT2D eigenvalue weighted by Gasteiger charge is 2.03. The van der Waals surface area contributed by atoms with Crippen LogP contribution in [-0.2, 0) is 9.53 Å². The fourth-order valence-electron chi connectivity index (χ4n) is 1.20. The molecule has 0 aromatic heterocycles. The first-order chi connectivity index (χ1) is 8.74. The molecule has 92 valence electrons. The zero-order valence-electron chi connectivity index (χ0n) is 10.2. The smallest absolute Gasteiger partial charge is 0.337 e. The van der Waals surface area contributed by atoms with Crippen molar-refractivity contribution in [1.82, 2.24) is 0 Å². The van der Waals surface area contributed by atoms with Crippen LogP contribution in [0, 0.1) is 0 Å². The Morgan fingerprint density at radius 1 is 1.28 bits per heavy atom. The SMILES string of the molecule is C=CC=CCOC(=O)C(=C)C=Cc1ccccc1. The monoisotopic (exact) mass is 240 g/mol. The number of carbonyl (C=O) groups is 1. The Labute approximate surface area is 108 Å². The van der Waals surface area contributed by atoms with Gasteiger partial charge in [0.2, 0.25) is 0 Å². The lowest BCUT2D eigenvalue weighted by molar-refractivity contribution is -0.137. The number of carbonyl (C=O) groups excluding carboxylic acids is 1. The fourth-order valence-corrected chi connectivity index (χ4v) is 1.20. The molecule has 0 aliphatic carbocycles. The van der Waals surface area contributed by atoms with E-state index in [-0.39, 0.29) is 6.61 Å². The average molecular weight is 240 g/mol. The number of allylic oxidation sites excluding steroid dienone is 2. The maximum Gasteiger partial charge on any atom is 0.337 e. The quantitative estimate of drug-likeness (QED) is 0.432. The van der Waals surface area contributed by atoms with Crippen molar-refractivity contribution in [2.45, 2.75) is 0 Å². The fraction of sp³-hybridized carbons (Fsp3) is 0.0625. The van der Waals surface area contributed by atoms with Crippen molar-refractivity contribution in [3.05, 3.63) is 78.9 Å². The predicted octanol–water partition coefficient (Wildman–Crippen LogP) is 3.54. The zero-order chi connectivity index (χ0) is 13.2. The van der Waals surface area contributed by atoms with Crippen LogP contribution in [0.5, 0.6) is 0 Å². The van der Waals surface area contributed by atoms with Crippen LogP contribution in [0.1, 0.15) is 5.56 Å². The molecule has 0 amide bonds. The van der Waals surface area contributed by atoms with Crippen molar-refractivity contribution in [3.63, 3.8) is 0 Å². The third-order valence-corrected chi connectivity index (χ3v) is 2.12. The van der Waals surface area contributed by atoms with Crippen molar-refractivity contribution in [3.8, 4) is 0 Å². The van der Waals surface area contributed by atoms with Gasteiger partial charge in [-0.3, -0.25) is 0 Å². The van der Waals surface area contributed by atoms with E-state index in [0.717, 1.165) is 5.56 Å². The predicted molar refractivity (Wildman–Crippen MR) is 74.9 cm³/mol. The van der Waals surface area contributed by atoms with E-state index in [2.05, 4.69) is 13.2 Å². The second-order valence-electron chi connectivity index (χ2n) is 3.53. The van der Waals surface area contributed by atoms with E-state index in [4.69, 9.17) is 4.74 Å². The zero-order valence-corrected chi connectivity index (χ0v) is 10.2. The molecule has 0 unspecified atom stereocenters. The van der Waals surface area contributed by atoms with Gasteiger partial charge < -0.3 is 4.74 Å². The van der Waals surface area contributed by atoms with Gasteiger partial charge in [0.15, 0.2) is 0 Å². The molecular formula is C16H16O2. The van der Waals surface area contributed by atoms with Crippen LogP contribution in [0.4, 0.5) is 0 Å². The molecule has 0 bridgehead atoms. The minimum Gasteiger partial charge on any atom is -0.458 e. The minimum absolute atomic E-state index is 0.225. The van der Waals surface area contributed by atoms with Crippen molar-refractivity contribution < 1.29 is 9.53 Å². The molecule has 0 saturated heterocycles. The third kappa shape index (κ3) is 5.12. The van der Waals surface area contributed by atoms with Crippen LogP contribution in [0.3, 0.4) is 0 Å². The van der Waals surface area contributed by atoms with Crippen LogP contribution in [0.2, 0.25) is 0 Å². The summed E-state index contributed by atoms with van der Waals surface area (Å²) in [4.78, 5) is 11.5. The second-order valence-corrected chi connectivity index (χ2v) is 3.53. The second kappa shape index (κ2) is 7.85. The summed E-state index contributed by atoms with van der Waals surface area (Å²) in [5, 5.41) is 0. The maximum absolute atomic E-state index is 11.5. The lowest BCUT2D eigenvalue weighted by atomic mass is 10.2. The van der Waals surface area contributed by atoms with Crippen molar-refractivity contribution in [1.29, 1.82) is 0 Å². The van der Waals surface area contributed by atoms with Gasteiger partial charge in [-0.05, 0) is 17.7 Å². The van der Waals surface area contributed by atoms with Gasteiger partial charge in [-0.1, -0.05) is 61.7 Å². The van der Waals surface area contributed by atoms with E-state index in [0.29, 0.717) is 5.57 Å². The van der Waals surface area contributed by atoms with Crippen LogP contribution in [0.25, 0.3) is 6.08 Å². The Kier molecular flexibility index (Phi) is 5.98. The van der Waals surface area contributed by atoms with Crippen LogP contribution in [-0.4, -0.2) is 12.6 Å². The molecule has 0 fully saturated rings. The van der Waals surface area contributed by atoms with E-state index in [1.165, 1.54) is 0 Å². The highest BCUT2D eigenvalue weighted by molar-refractivity contribution is 5.92. The Morgan fingerprint density at radius 3 is 2.67 bits per heavy atom. The molecule has 1 rings (SSSR count). The van der Waals surface area contributed by atoms with Gasteiger partial charge in [0.25, 0.3) is 0 Å². The Hall–Kier alpha value is -2.35. The van der Waals surface area contributed by atoms with E-state index >= 15 is 0 Å². The number of hydrogen-bond acceptors (Lipinski definition) is 2. The van der Waals surface area contributed by atoms with E-state index < -0.39 is 5.97 Å². The minimum atomic E-state index is -0.420. The number of ether oxygens (including phenoxy) is 1. The summed E-state index contributed by atoms with van der Waals surface area (Å²) < 4.78 is 4.97. The molecule has 1 aromatic carbocycles. The van der Waals surface area contributed by atoms with Crippen molar-refractivity contribution >= 4 is 12.0 Å². The summed E-state index contributed by atoms with van der Waals surface area (Å²) in [6.45, 7) is 7.41. The van der Waals surface area contributed by atoms with Gasteiger partial charge in [-0.2, -0.15) is 0 Å². The van der Waals surface area contributed by atoms with Gasteiger partial charge >= 0.3 is 5.97 Å². The number of hydrogen-bond donors (Lipinski definition) is 0. The summed E-state index contributed by atoms with van der Waals surface area (Å²) >= 11 is 0. The normalized spacial score (nSPS) is 10.7. The topological polar surface area (TPSA) is 26.3 Å². The first-order valence-electron chi connectivity index (χ1n) is 5.61. The van der Waals surface area contributed by atoms with E-state index in [1.807, 2.05) is 36.4 Å². The molecule has 0 spiro atoms. The Morgan fingerprint density at radius 2 is 2.00 bits per heavy atom. The summed E-state index contributed by atoms with van der Waals surface area (Å²) in [5.41, 5.74) is 1.34. The van der Waals surface area contributed by atoms with Crippen LogP contribution < -0.4 is 0 Å². The molecule has 0 aliphatic heterocycles. The van der Waals surface area contributed by atoms with Gasteiger partial charge in [-0.25, -0.2) is 4.79 Å². The largest absolute Gasteiger partial charge is 0.458 e. The molecule has 1 aromatic rings. The van der Waals surface area contributed by atoms with Gasteiger partial charge in [-0.15, -0.1) is 0 Å². The number of esters is 1. The highest BCUT2D eigenvalue weighted by Crippen LogP contribution is 2.05. The highest BCUT2D eigenvalue weighted by atomic mass is 16.5. The summed E-state index contributed by atoms with van der Waals surface area (Å²) in [7, 11) is 0. The van der Waals surface area contributed by atoms with E-state index in [1.54, 1.807) is 24.3 Å². The summed E-state index contributed by atoms with van der Waals surface area (Å²) in [6, 6.07) is 9.69. The first-order valence-corrected chi connectivity index (χ1v) is 5.61. The molecule has 2 nitrogen and oxygen atoms in total. The van der Waals surface area contributed by atoms with Crippen molar-refractivity contribution in [2.75, 3.05) is 6.61 Å². The van der Waals surface area contributed by atoms with Gasteiger partial charge in [0, 0.05) is 0 Å². The Bertz CT molecular complexity index is 467. The summed E-state index contributed by atoms with van der Waals surface area (Å²) in [6.07, 6.45) is 8.52. The van der Waals surface area contributed by atoms with E-state index in [9.17, 15) is 4.79 Å². The Balaban J connectivity index is 2.45. The number of rotatable bonds is 6.